The van der Waals surface area contributed by atoms with Crippen molar-refractivity contribution in [1.29, 1.82) is 0 Å². The van der Waals surface area contributed by atoms with Crippen molar-refractivity contribution >= 4 is 0 Å². The number of hydrogen-bond acceptors (Lipinski definition) is 4. The van der Waals surface area contributed by atoms with Crippen molar-refractivity contribution in [1.82, 2.24) is 0 Å². The third-order valence-corrected chi connectivity index (χ3v) is 6.46. The van der Waals surface area contributed by atoms with Crippen molar-refractivity contribution in [3.63, 3.8) is 0 Å². The molecule has 4 N–H and O–H groups in total. The predicted molar refractivity (Wildman–Crippen MR) is 130 cm³/mol. The number of benzene rings is 4. The fraction of sp³-hybridized carbons (Fsp3) is 0.172. The molecule has 0 heterocycles. The van der Waals surface area contributed by atoms with Crippen LogP contribution in [0.1, 0.15) is 44.5 Å². The van der Waals surface area contributed by atoms with Crippen molar-refractivity contribution < 1.29 is 20.4 Å². The van der Waals surface area contributed by atoms with Gasteiger partial charge in [0, 0.05) is 0 Å². The third kappa shape index (κ3) is 3.68. The average molecular weight is 441 g/mol. The lowest BCUT2D eigenvalue weighted by Gasteiger charge is -2.41. The summed E-state index contributed by atoms with van der Waals surface area (Å²) in [5, 5.41) is 40.8. The van der Waals surface area contributed by atoms with Crippen LogP contribution in [0.3, 0.4) is 0 Å². The molecule has 0 fully saturated rings. The van der Waals surface area contributed by atoms with E-state index in [1.54, 1.807) is 48.5 Å². The highest BCUT2D eigenvalue weighted by Gasteiger charge is 2.42. The maximum atomic E-state index is 10.2. The second-order valence-corrected chi connectivity index (χ2v) is 8.75. The highest BCUT2D eigenvalue weighted by atomic mass is 16.3. The number of hydrogen-bond donors (Lipinski definition) is 4. The van der Waals surface area contributed by atoms with Crippen LogP contribution in [0, 0.1) is 27.7 Å². The number of aryl methyl sites for hydroxylation is 4. The van der Waals surface area contributed by atoms with E-state index in [0.29, 0.717) is 0 Å². The lowest BCUT2D eigenvalue weighted by atomic mass is 9.61. The van der Waals surface area contributed by atoms with Gasteiger partial charge in [-0.15, -0.1) is 0 Å². The zero-order valence-corrected chi connectivity index (χ0v) is 19.2. The number of phenols is 4. The molecule has 0 unspecified atom stereocenters. The van der Waals surface area contributed by atoms with E-state index in [1.165, 1.54) is 0 Å². The van der Waals surface area contributed by atoms with Gasteiger partial charge in [-0.2, -0.15) is 0 Å². The van der Waals surface area contributed by atoms with Gasteiger partial charge in [0.25, 0.3) is 0 Å². The van der Waals surface area contributed by atoms with Crippen molar-refractivity contribution in [3.05, 3.63) is 117 Å². The second kappa shape index (κ2) is 8.21. The van der Waals surface area contributed by atoms with Gasteiger partial charge in [0.1, 0.15) is 23.0 Å². The summed E-state index contributed by atoms with van der Waals surface area (Å²) in [4.78, 5) is 0. The summed E-state index contributed by atoms with van der Waals surface area (Å²) < 4.78 is 0. The molecule has 0 aliphatic heterocycles. The van der Waals surface area contributed by atoms with Crippen molar-refractivity contribution in [2.75, 3.05) is 0 Å². The quantitative estimate of drug-likeness (QED) is 0.288. The molecule has 0 spiro atoms. The Morgan fingerprint density at radius 3 is 0.788 bits per heavy atom. The lowest BCUT2D eigenvalue weighted by Crippen LogP contribution is -2.34. The van der Waals surface area contributed by atoms with E-state index in [2.05, 4.69) is 0 Å². The van der Waals surface area contributed by atoms with Gasteiger partial charge >= 0.3 is 0 Å². The second-order valence-electron chi connectivity index (χ2n) is 8.75. The Balaban J connectivity index is 2.28. The molecule has 4 rings (SSSR count). The van der Waals surface area contributed by atoms with Gasteiger partial charge in [-0.3, -0.25) is 0 Å². The van der Waals surface area contributed by atoms with Gasteiger partial charge in [0.05, 0.1) is 5.41 Å². The van der Waals surface area contributed by atoms with E-state index in [9.17, 15) is 20.4 Å². The summed E-state index contributed by atoms with van der Waals surface area (Å²) in [5.41, 5.74) is 6.54. The number of aromatic hydroxyl groups is 4. The highest BCUT2D eigenvalue weighted by Crippen LogP contribution is 2.50. The molecule has 0 saturated heterocycles. The predicted octanol–water partition coefficient (Wildman–Crippen LogP) is 6.13. The molecular weight excluding hydrogens is 412 g/mol. The SMILES string of the molecule is Cc1cc(O)ccc1C(c1ccc(O)cc1C)(c1ccc(O)cc1C)c1ccc(O)cc1C. The van der Waals surface area contributed by atoms with Gasteiger partial charge in [-0.05, 0) is 121 Å². The fourth-order valence-corrected chi connectivity index (χ4v) is 5.14. The Hall–Kier alpha value is -3.92. The summed E-state index contributed by atoms with van der Waals surface area (Å²) in [6.45, 7) is 7.85. The monoisotopic (exact) mass is 440 g/mol. The van der Waals surface area contributed by atoms with Gasteiger partial charge in [0.15, 0.2) is 0 Å². The van der Waals surface area contributed by atoms with Gasteiger partial charge in [-0.1, -0.05) is 24.3 Å². The summed E-state index contributed by atoms with van der Waals surface area (Å²) >= 11 is 0. The Morgan fingerprint density at radius 2 is 0.606 bits per heavy atom. The molecule has 4 heteroatoms. The highest BCUT2D eigenvalue weighted by molar-refractivity contribution is 5.67. The van der Waals surface area contributed by atoms with Crippen LogP contribution in [0.25, 0.3) is 0 Å². The largest absolute Gasteiger partial charge is 0.508 e. The van der Waals surface area contributed by atoms with Crippen molar-refractivity contribution in [3.8, 4) is 23.0 Å². The summed E-state index contributed by atoms with van der Waals surface area (Å²) in [5.74, 6) is 0.713. The van der Waals surface area contributed by atoms with Gasteiger partial charge in [0.2, 0.25) is 0 Å². The topological polar surface area (TPSA) is 80.9 Å². The van der Waals surface area contributed by atoms with E-state index >= 15 is 0 Å². The third-order valence-electron chi connectivity index (χ3n) is 6.46. The molecule has 0 saturated carbocycles. The van der Waals surface area contributed by atoms with Crippen LogP contribution < -0.4 is 0 Å². The first-order valence-corrected chi connectivity index (χ1v) is 10.8. The first-order valence-electron chi connectivity index (χ1n) is 10.8. The Kier molecular flexibility index (Phi) is 5.54. The molecule has 0 aromatic heterocycles. The Morgan fingerprint density at radius 1 is 0.394 bits per heavy atom. The molecule has 0 bridgehead atoms. The van der Waals surface area contributed by atoms with Crippen LogP contribution in [0.2, 0.25) is 0 Å². The van der Waals surface area contributed by atoms with E-state index in [4.69, 9.17) is 0 Å². The molecule has 0 aliphatic carbocycles. The number of rotatable bonds is 4. The van der Waals surface area contributed by atoms with Crippen LogP contribution in [0.5, 0.6) is 23.0 Å². The van der Waals surface area contributed by atoms with E-state index in [0.717, 1.165) is 44.5 Å². The maximum Gasteiger partial charge on any atom is 0.115 e. The first-order chi connectivity index (χ1) is 15.6. The summed E-state index contributed by atoms with van der Waals surface area (Å²) in [6, 6.07) is 21.4. The van der Waals surface area contributed by atoms with Crippen LogP contribution >= 0.6 is 0 Å². The van der Waals surface area contributed by atoms with Gasteiger partial charge < -0.3 is 20.4 Å². The van der Waals surface area contributed by atoms with Crippen LogP contribution in [-0.2, 0) is 5.41 Å². The average Bonchev–Trinajstić information content (AvgIpc) is 2.72. The Bertz CT molecular complexity index is 1140. The molecule has 168 valence electrons. The smallest absolute Gasteiger partial charge is 0.115 e. The molecule has 0 radical (unpaired) electrons. The minimum atomic E-state index is -0.842. The minimum absolute atomic E-state index is 0.178. The molecular formula is C29H28O4. The zero-order valence-electron chi connectivity index (χ0n) is 19.2. The Labute approximate surface area is 194 Å². The molecule has 4 nitrogen and oxygen atoms in total. The zero-order chi connectivity index (χ0) is 23.9. The van der Waals surface area contributed by atoms with E-state index in [1.807, 2.05) is 52.0 Å². The summed E-state index contributed by atoms with van der Waals surface area (Å²) in [7, 11) is 0. The molecule has 4 aromatic rings. The van der Waals surface area contributed by atoms with Crippen LogP contribution in [-0.4, -0.2) is 20.4 Å². The van der Waals surface area contributed by atoms with E-state index in [-0.39, 0.29) is 23.0 Å². The molecule has 4 aromatic carbocycles. The summed E-state index contributed by atoms with van der Waals surface area (Å²) in [6.07, 6.45) is 0. The molecule has 33 heavy (non-hydrogen) atoms. The van der Waals surface area contributed by atoms with Crippen LogP contribution in [0.4, 0.5) is 0 Å². The minimum Gasteiger partial charge on any atom is -0.508 e. The van der Waals surface area contributed by atoms with Crippen LogP contribution in [0.15, 0.2) is 72.8 Å². The molecule has 0 atom stereocenters. The fourth-order valence-electron chi connectivity index (χ4n) is 5.14. The molecule has 0 amide bonds. The first kappa shape index (κ1) is 22.3. The molecule has 0 aliphatic rings. The maximum absolute atomic E-state index is 10.2. The lowest BCUT2D eigenvalue weighted by molar-refractivity contribution is 0.473. The van der Waals surface area contributed by atoms with Crippen molar-refractivity contribution in [2.24, 2.45) is 0 Å². The number of phenolic OH excluding ortho intramolecular Hbond substituents is 4. The van der Waals surface area contributed by atoms with Crippen molar-refractivity contribution in [2.45, 2.75) is 33.1 Å². The van der Waals surface area contributed by atoms with E-state index < -0.39 is 5.41 Å². The van der Waals surface area contributed by atoms with Gasteiger partial charge in [-0.25, -0.2) is 0 Å². The normalized spacial score (nSPS) is 11.5. The standard InChI is InChI=1S/C29H28O4/c1-17-13-21(30)5-9-25(17)29(26-10-6-22(31)14-18(26)2,27-11-7-23(32)15-19(27)3)28-12-8-24(33)16-20(28)4/h5-16,30-33H,1-4H3.